The summed E-state index contributed by atoms with van der Waals surface area (Å²) in [4.78, 5) is 17.1. The lowest BCUT2D eigenvalue weighted by Gasteiger charge is -2.20. The monoisotopic (exact) mass is 326 g/mol. The third-order valence-electron chi connectivity index (χ3n) is 4.13. The number of nitrogens with zero attached hydrogens (tertiary/aromatic N) is 1. The molecule has 2 aliphatic rings. The van der Waals surface area contributed by atoms with Gasteiger partial charge in [-0.1, -0.05) is 17.7 Å². The molecular formula is C17H14N2O3S. The minimum Gasteiger partial charge on any atom is -0.368 e. The highest BCUT2D eigenvalue weighted by Crippen LogP contribution is 2.35. The van der Waals surface area contributed by atoms with Crippen LogP contribution in [0.5, 0.6) is 0 Å². The number of carbonyl (C=O) groups is 1. The third kappa shape index (κ3) is 2.02. The Balaban J connectivity index is 1.97. The van der Waals surface area contributed by atoms with Gasteiger partial charge in [-0.25, -0.2) is 8.42 Å². The smallest absolute Gasteiger partial charge is 0.208 e. The van der Waals surface area contributed by atoms with Crippen molar-refractivity contribution in [2.24, 2.45) is 4.99 Å². The largest absolute Gasteiger partial charge is 0.368 e. The molecule has 5 nitrogen and oxygen atoms in total. The van der Waals surface area contributed by atoms with Crippen LogP contribution in [0.3, 0.4) is 0 Å². The van der Waals surface area contributed by atoms with Crippen LogP contribution in [0.15, 0.2) is 51.2 Å². The zero-order valence-electron chi connectivity index (χ0n) is 12.5. The van der Waals surface area contributed by atoms with Crippen molar-refractivity contribution in [2.75, 3.05) is 13.1 Å². The van der Waals surface area contributed by atoms with Crippen molar-refractivity contribution in [3.8, 4) is 0 Å². The third-order valence-corrected chi connectivity index (χ3v) is 5.98. The fourth-order valence-electron chi connectivity index (χ4n) is 2.99. The number of nitrogens with one attached hydrogen (secondary N) is 1. The molecule has 1 N–H and O–H groups in total. The molecule has 23 heavy (non-hydrogen) atoms. The van der Waals surface area contributed by atoms with Crippen LogP contribution >= 0.6 is 0 Å². The van der Waals surface area contributed by atoms with Gasteiger partial charge in [-0.05, 0) is 31.2 Å². The van der Waals surface area contributed by atoms with Crippen LogP contribution in [0.2, 0.25) is 0 Å². The molecule has 2 heterocycles. The fraction of sp³-hybridized carbons (Fsp3) is 0.176. The molecule has 2 aromatic carbocycles. The molecule has 0 spiro atoms. The molecule has 0 amide bonds. The molecule has 0 radical (unpaired) electrons. The maximum absolute atomic E-state index is 12.9. The Hall–Kier alpha value is -2.47. The van der Waals surface area contributed by atoms with E-state index in [4.69, 9.17) is 0 Å². The van der Waals surface area contributed by atoms with E-state index in [0.29, 0.717) is 17.9 Å². The van der Waals surface area contributed by atoms with E-state index >= 15 is 0 Å². The number of hydrogen-bond acceptors (Lipinski definition) is 5. The Labute approximate surface area is 134 Å². The summed E-state index contributed by atoms with van der Waals surface area (Å²) < 4.78 is 25.8. The summed E-state index contributed by atoms with van der Waals surface area (Å²) in [6, 6.07) is 9.72. The minimum absolute atomic E-state index is 0.0627. The molecule has 2 aliphatic heterocycles. The van der Waals surface area contributed by atoms with Gasteiger partial charge in [0.1, 0.15) is 5.84 Å². The molecule has 0 aromatic heterocycles. The zero-order valence-corrected chi connectivity index (χ0v) is 13.3. The quantitative estimate of drug-likeness (QED) is 0.739. The molecule has 0 fully saturated rings. The molecule has 0 aliphatic carbocycles. The van der Waals surface area contributed by atoms with Gasteiger partial charge in [0.25, 0.3) is 0 Å². The van der Waals surface area contributed by atoms with Crippen molar-refractivity contribution < 1.29 is 13.2 Å². The van der Waals surface area contributed by atoms with Gasteiger partial charge in [0.2, 0.25) is 9.84 Å². The van der Waals surface area contributed by atoms with Crippen LogP contribution < -0.4 is 5.32 Å². The normalized spacial score (nSPS) is 18.0. The van der Waals surface area contributed by atoms with Crippen LogP contribution in [-0.4, -0.2) is 33.1 Å². The predicted octanol–water partition coefficient (Wildman–Crippen LogP) is 1.72. The van der Waals surface area contributed by atoms with Crippen molar-refractivity contribution in [1.82, 2.24) is 5.32 Å². The number of hydrogen-bond donors (Lipinski definition) is 1. The van der Waals surface area contributed by atoms with E-state index in [1.54, 1.807) is 30.3 Å². The van der Waals surface area contributed by atoms with Crippen molar-refractivity contribution >= 4 is 21.5 Å². The van der Waals surface area contributed by atoms with E-state index < -0.39 is 9.84 Å². The Kier molecular flexibility index (Phi) is 2.93. The fourth-order valence-corrected chi connectivity index (χ4v) is 4.65. The first-order chi connectivity index (χ1) is 11.0. The molecule has 0 saturated carbocycles. The second kappa shape index (κ2) is 4.76. The Bertz CT molecular complexity index is 991. The highest BCUT2D eigenvalue weighted by molar-refractivity contribution is 7.91. The van der Waals surface area contributed by atoms with Crippen LogP contribution in [0.4, 0.5) is 0 Å². The topological polar surface area (TPSA) is 75.6 Å². The summed E-state index contributed by atoms with van der Waals surface area (Å²) in [5.74, 6) is 0.423. The summed E-state index contributed by atoms with van der Waals surface area (Å²) >= 11 is 0. The van der Waals surface area contributed by atoms with E-state index in [1.807, 2.05) is 6.92 Å². The zero-order chi connectivity index (χ0) is 16.2. The van der Waals surface area contributed by atoms with Crippen LogP contribution in [0.1, 0.15) is 27.0 Å². The van der Waals surface area contributed by atoms with E-state index in [-0.39, 0.29) is 26.7 Å². The van der Waals surface area contributed by atoms with Gasteiger partial charge in [-0.15, -0.1) is 0 Å². The number of fused-ring (bicyclic) bond motifs is 2. The number of benzene rings is 2. The van der Waals surface area contributed by atoms with Gasteiger partial charge in [0.15, 0.2) is 5.78 Å². The number of carbonyl (C=O) groups excluding carboxylic acids is 1. The average molecular weight is 326 g/mol. The first-order valence-electron chi connectivity index (χ1n) is 7.32. The Morgan fingerprint density at radius 3 is 2.61 bits per heavy atom. The second-order valence-corrected chi connectivity index (χ2v) is 7.59. The standard InChI is InChI=1S/C17H14N2O3S/c1-10-2-5-14-13(8-10)16(20)12-4-3-11(17-18-6-7-19-17)9-15(12)23(14,21)22/h2-5,8-9H,6-7H2,1H3,(H,18,19). The molecule has 2 aromatic rings. The van der Waals surface area contributed by atoms with Crippen LogP contribution in [0.25, 0.3) is 0 Å². The molecule has 0 unspecified atom stereocenters. The lowest BCUT2D eigenvalue weighted by Crippen LogP contribution is -2.23. The maximum atomic E-state index is 12.9. The van der Waals surface area contributed by atoms with Crippen LogP contribution in [0, 0.1) is 6.92 Å². The second-order valence-electron chi connectivity index (χ2n) is 5.70. The summed E-state index contributed by atoms with van der Waals surface area (Å²) in [5, 5.41) is 3.12. The number of ketones is 1. The van der Waals surface area contributed by atoms with Crippen LogP contribution in [-0.2, 0) is 9.84 Å². The van der Waals surface area contributed by atoms with Crippen molar-refractivity contribution in [1.29, 1.82) is 0 Å². The van der Waals surface area contributed by atoms with E-state index in [1.165, 1.54) is 6.07 Å². The Morgan fingerprint density at radius 1 is 1.04 bits per heavy atom. The summed E-state index contributed by atoms with van der Waals surface area (Å²) in [7, 11) is -3.71. The number of amidine groups is 1. The molecule has 6 heteroatoms. The minimum atomic E-state index is -3.71. The number of aliphatic imine (C=N–C) groups is 1. The number of aryl methyl sites for hydroxylation is 1. The highest BCUT2D eigenvalue weighted by atomic mass is 32.2. The SMILES string of the molecule is Cc1ccc2c(c1)C(=O)c1ccc(C3=NCCN3)cc1S2(=O)=O. The predicted molar refractivity (Wildman–Crippen MR) is 85.9 cm³/mol. The molecule has 116 valence electrons. The molecule has 0 saturated heterocycles. The number of rotatable bonds is 1. The maximum Gasteiger partial charge on any atom is 0.208 e. The van der Waals surface area contributed by atoms with Gasteiger partial charge in [-0.3, -0.25) is 9.79 Å². The van der Waals surface area contributed by atoms with Crippen molar-refractivity contribution in [2.45, 2.75) is 16.7 Å². The van der Waals surface area contributed by atoms with Crippen molar-refractivity contribution in [3.63, 3.8) is 0 Å². The van der Waals surface area contributed by atoms with Gasteiger partial charge >= 0.3 is 0 Å². The Morgan fingerprint density at radius 2 is 1.87 bits per heavy atom. The lowest BCUT2D eigenvalue weighted by molar-refractivity contribution is 0.103. The van der Waals surface area contributed by atoms with Gasteiger partial charge in [0.05, 0.1) is 16.3 Å². The highest BCUT2D eigenvalue weighted by Gasteiger charge is 2.35. The summed E-state index contributed by atoms with van der Waals surface area (Å²) in [5.41, 5.74) is 2.03. The summed E-state index contributed by atoms with van der Waals surface area (Å²) in [6.07, 6.45) is 0. The average Bonchev–Trinajstić information content (AvgIpc) is 3.07. The van der Waals surface area contributed by atoms with Gasteiger partial charge in [0, 0.05) is 23.2 Å². The lowest BCUT2D eigenvalue weighted by atomic mass is 9.99. The first kappa shape index (κ1) is 14.1. The van der Waals surface area contributed by atoms with Gasteiger partial charge in [-0.2, -0.15) is 0 Å². The summed E-state index contributed by atoms with van der Waals surface area (Å²) in [6.45, 7) is 3.24. The molecular weight excluding hydrogens is 312 g/mol. The van der Waals surface area contributed by atoms with Crippen molar-refractivity contribution in [3.05, 3.63) is 58.7 Å². The molecule has 4 rings (SSSR count). The molecule has 0 bridgehead atoms. The van der Waals surface area contributed by atoms with Gasteiger partial charge < -0.3 is 5.32 Å². The van der Waals surface area contributed by atoms with E-state index in [9.17, 15) is 13.2 Å². The van der Waals surface area contributed by atoms with E-state index in [0.717, 1.165) is 12.1 Å². The number of sulfone groups is 1. The first-order valence-corrected chi connectivity index (χ1v) is 8.80. The van der Waals surface area contributed by atoms with E-state index in [2.05, 4.69) is 10.3 Å². The molecule has 0 atom stereocenters.